The molecule has 0 radical (unpaired) electrons. The Hall–Kier alpha value is -2.99. The van der Waals surface area contributed by atoms with Crippen LogP contribution in [0.15, 0.2) is 59.7 Å². The smallest absolute Gasteiger partial charge is 0.191 e. The lowest BCUT2D eigenvalue weighted by molar-refractivity contribution is 0.340. The highest BCUT2D eigenvalue weighted by Crippen LogP contribution is 2.29. The predicted molar refractivity (Wildman–Crippen MR) is 105 cm³/mol. The van der Waals surface area contributed by atoms with Gasteiger partial charge in [0.1, 0.15) is 5.75 Å². The highest BCUT2D eigenvalue weighted by molar-refractivity contribution is 5.95. The molecule has 0 saturated carbocycles. The molecule has 6 nitrogen and oxygen atoms in total. The molecule has 0 aliphatic carbocycles. The van der Waals surface area contributed by atoms with Crippen molar-refractivity contribution in [3.8, 4) is 5.75 Å². The van der Waals surface area contributed by atoms with Gasteiger partial charge in [-0.2, -0.15) is 0 Å². The van der Waals surface area contributed by atoms with Gasteiger partial charge in [-0.1, -0.05) is 0 Å². The Labute approximate surface area is 152 Å². The number of aliphatic imine (C=N–C) groups is 1. The Bertz CT molecular complexity index is 876. The summed E-state index contributed by atoms with van der Waals surface area (Å²) in [7, 11) is 0. The number of halogens is 1. The Kier molecular flexibility index (Phi) is 6.03. The van der Waals surface area contributed by atoms with Gasteiger partial charge in [0.2, 0.25) is 0 Å². The van der Waals surface area contributed by atoms with Gasteiger partial charge in [-0.15, -0.1) is 12.4 Å². The minimum absolute atomic E-state index is 0. The molecule has 0 bridgehead atoms. The average molecular weight is 358 g/mol. The topological polar surface area (TPSA) is 98.5 Å². The SMILES string of the molecule is CCOc1ccc(Nc2ccnc3ccc(N=C(N)N)cc23)cc1.Cl. The first-order valence-corrected chi connectivity index (χ1v) is 7.64. The maximum absolute atomic E-state index is 5.46. The largest absolute Gasteiger partial charge is 0.494 e. The van der Waals surface area contributed by atoms with Gasteiger partial charge in [-0.3, -0.25) is 4.98 Å². The molecule has 0 aliphatic heterocycles. The second-order valence-corrected chi connectivity index (χ2v) is 5.18. The second-order valence-electron chi connectivity index (χ2n) is 5.18. The van der Waals surface area contributed by atoms with Crippen LogP contribution in [0.3, 0.4) is 0 Å². The molecule has 2 aromatic carbocycles. The fourth-order valence-corrected chi connectivity index (χ4v) is 2.42. The third-order valence-corrected chi connectivity index (χ3v) is 3.43. The number of hydrogen-bond acceptors (Lipinski definition) is 4. The van der Waals surface area contributed by atoms with Gasteiger partial charge in [0.05, 0.1) is 17.8 Å². The minimum Gasteiger partial charge on any atom is -0.494 e. The van der Waals surface area contributed by atoms with E-state index in [0.29, 0.717) is 12.3 Å². The van der Waals surface area contributed by atoms with Crippen LogP contribution in [0.1, 0.15) is 6.92 Å². The van der Waals surface area contributed by atoms with Crippen molar-refractivity contribution in [3.05, 3.63) is 54.7 Å². The fourth-order valence-electron chi connectivity index (χ4n) is 2.42. The zero-order valence-electron chi connectivity index (χ0n) is 13.8. The quantitative estimate of drug-likeness (QED) is 0.477. The van der Waals surface area contributed by atoms with E-state index < -0.39 is 0 Å². The summed E-state index contributed by atoms with van der Waals surface area (Å²) in [6.45, 7) is 2.61. The first kappa shape index (κ1) is 18.4. The number of guanidine groups is 1. The molecule has 3 rings (SSSR count). The van der Waals surface area contributed by atoms with E-state index in [1.54, 1.807) is 6.20 Å². The fraction of sp³-hybridized carbons (Fsp3) is 0.111. The number of ether oxygens (including phenoxy) is 1. The van der Waals surface area contributed by atoms with Gasteiger partial charge in [0.25, 0.3) is 0 Å². The molecule has 3 aromatic rings. The van der Waals surface area contributed by atoms with Crippen molar-refractivity contribution in [1.29, 1.82) is 0 Å². The van der Waals surface area contributed by atoms with Crippen molar-refractivity contribution in [1.82, 2.24) is 4.98 Å². The Balaban J connectivity index is 0.00000225. The highest BCUT2D eigenvalue weighted by Gasteiger charge is 2.04. The molecule has 130 valence electrons. The molecule has 0 amide bonds. The molecule has 1 heterocycles. The number of aromatic nitrogens is 1. The number of anilines is 2. The maximum Gasteiger partial charge on any atom is 0.191 e. The van der Waals surface area contributed by atoms with Crippen molar-refractivity contribution < 1.29 is 4.74 Å². The van der Waals surface area contributed by atoms with Crippen LogP contribution in [0.4, 0.5) is 17.1 Å². The number of fused-ring (bicyclic) bond motifs is 1. The van der Waals surface area contributed by atoms with Gasteiger partial charge in [0.15, 0.2) is 5.96 Å². The van der Waals surface area contributed by atoms with Crippen LogP contribution in [0.25, 0.3) is 10.9 Å². The predicted octanol–water partition coefficient (Wildman–Crippen LogP) is 3.70. The molecular formula is C18H20ClN5O. The zero-order chi connectivity index (χ0) is 16.9. The van der Waals surface area contributed by atoms with E-state index >= 15 is 0 Å². The van der Waals surface area contributed by atoms with E-state index in [1.807, 2.05) is 55.5 Å². The van der Waals surface area contributed by atoms with Crippen LogP contribution in [-0.4, -0.2) is 17.6 Å². The molecule has 25 heavy (non-hydrogen) atoms. The number of rotatable bonds is 5. The summed E-state index contributed by atoms with van der Waals surface area (Å²) in [4.78, 5) is 8.46. The highest BCUT2D eigenvalue weighted by atomic mass is 35.5. The van der Waals surface area contributed by atoms with Gasteiger partial charge >= 0.3 is 0 Å². The van der Waals surface area contributed by atoms with Crippen LogP contribution in [0.5, 0.6) is 5.75 Å². The van der Waals surface area contributed by atoms with Crippen LogP contribution >= 0.6 is 12.4 Å². The van der Waals surface area contributed by atoms with Crippen molar-refractivity contribution in [2.24, 2.45) is 16.5 Å². The number of pyridine rings is 1. The molecule has 0 saturated heterocycles. The Morgan fingerprint density at radius 1 is 1.12 bits per heavy atom. The number of hydrogen-bond donors (Lipinski definition) is 3. The third kappa shape index (κ3) is 4.51. The van der Waals surface area contributed by atoms with Gasteiger partial charge < -0.3 is 21.5 Å². The molecule has 7 heteroatoms. The molecule has 0 unspecified atom stereocenters. The lowest BCUT2D eigenvalue weighted by Crippen LogP contribution is -2.21. The summed E-state index contributed by atoms with van der Waals surface area (Å²) in [5.41, 5.74) is 14.3. The van der Waals surface area contributed by atoms with Crippen molar-refractivity contribution in [2.75, 3.05) is 11.9 Å². The van der Waals surface area contributed by atoms with Crippen LogP contribution in [0.2, 0.25) is 0 Å². The summed E-state index contributed by atoms with van der Waals surface area (Å²) in [5, 5.41) is 4.33. The Morgan fingerprint density at radius 2 is 1.88 bits per heavy atom. The summed E-state index contributed by atoms with van der Waals surface area (Å²) < 4.78 is 5.46. The summed E-state index contributed by atoms with van der Waals surface area (Å²) in [6, 6.07) is 15.3. The average Bonchev–Trinajstić information content (AvgIpc) is 2.57. The number of benzene rings is 2. The molecule has 5 N–H and O–H groups in total. The van der Waals surface area contributed by atoms with Crippen LogP contribution < -0.4 is 21.5 Å². The Morgan fingerprint density at radius 3 is 2.56 bits per heavy atom. The molecular weight excluding hydrogens is 338 g/mol. The van der Waals surface area contributed by atoms with Crippen molar-refractivity contribution in [2.45, 2.75) is 6.92 Å². The monoisotopic (exact) mass is 357 g/mol. The lowest BCUT2D eigenvalue weighted by Gasteiger charge is -2.11. The minimum atomic E-state index is 0. The molecule has 0 fully saturated rings. The number of nitrogens with zero attached hydrogens (tertiary/aromatic N) is 2. The van der Waals surface area contributed by atoms with Gasteiger partial charge in [-0.05, 0) is 55.5 Å². The number of nitrogens with two attached hydrogens (primary N) is 2. The van der Waals surface area contributed by atoms with E-state index in [4.69, 9.17) is 16.2 Å². The van der Waals surface area contributed by atoms with E-state index in [1.165, 1.54) is 0 Å². The molecule has 0 atom stereocenters. The van der Waals surface area contributed by atoms with Crippen LogP contribution in [-0.2, 0) is 0 Å². The first-order valence-electron chi connectivity index (χ1n) is 7.64. The third-order valence-electron chi connectivity index (χ3n) is 3.43. The van der Waals surface area contributed by atoms with Crippen LogP contribution in [0, 0.1) is 0 Å². The molecule has 0 aliphatic rings. The first-order chi connectivity index (χ1) is 11.7. The van der Waals surface area contributed by atoms with Crippen molar-refractivity contribution in [3.63, 3.8) is 0 Å². The maximum atomic E-state index is 5.46. The van der Waals surface area contributed by atoms with Gasteiger partial charge in [-0.25, -0.2) is 4.99 Å². The number of nitrogens with one attached hydrogen (secondary N) is 1. The molecule has 0 spiro atoms. The van der Waals surface area contributed by atoms with Crippen molar-refractivity contribution >= 4 is 46.3 Å². The zero-order valence-corrected chi connectivity index (χ0v) is 14.6. The van der Waals surface area contributed by atoms with E-state index in [2.05, 4.69) is 15.3 Å². The summed E-state index contributed by atoms with van der Waals surface area (Å²) in [6.07, 6.45) is 1.76. The molecule has 1 aromatic heterocycles. The van der Waals surface area contributed by atoms with E-state index in [9.17, 15) is 0 Å². The van der Waals surface area contributed by atoms with E-state index in [0.717, 1.165) is 28.0 Å². The summed E-state index contributed by atoms with van der Waals surface area (Å²) in [5.74, 6) is 0.872. The standard InChI is InChI=1S/C18H19N5O.ClH/c1-2-24-14-6-3-12(4-7-14)22-17-9-10-21-16-8-5-13(11-15(16)17)23-18(19)20;/h3-11H,2H2,1H3,(H,21,22)(H4,19,20,23);1H. The lowest BCUT2D eigenvalue weighted by atomic mass is 10.1. The summed E-state index contributed by atoms with van der Waals surface area (Å²) >= 11 is 0. The normalized spacial score (nSPS) is 9.96. The van der Waals surface area contributed by atoms with Gasteiger partial charge in [0, 0.05) is 23.0 Å². The second kappa shape index (κ2) is 8.21. The van der Waals surface area contributed by atoms with E-state index in [-0.39, 0.29) is 18.4 Å².